The van der Waals surface area contributed by atoms with Crippen molar-refractivity contribution in [2.75, 3.05) is 24.2 Å². The standard InChI is InChI=1S/C20H25N3O4S/c1-14-10-11-17(16(3)15(14)2)12-21-22-20(24)13-23(28(5,25)26)18-8-6-7-9-19(18)27-4/h6-12H,13H2,1-5H3,(H,22,24)/b21-12-. The number of nitrogens with zero attached hydrogens (tertiary/aromatic N) is 2. The monoisotopic (exact) mass is 403 g/mol. The maximum absolute atomic E-state index is 12.3. The van der Waals surface area contributed by atoms with Gasteiger partial charge in [0, 0.05) is 0 Å². The van der Waals surface area contributed by atoms with Crippen LogP contribution in [0.3, 0.4) is 0 Å². The second-order valence-corrected chi connectivity index (χ2v) is 8.36. The Hall–Kier alpha value is -2.87. The number of anilines is 1. The number of nitrogens with one attached hydrogen (secondary N) is 1. The van der Waals surface area contributed by atoms with Crippen molar-refractivity contribution < 1.29 is 17.9 Å². The highest BCUT2D eigenvalue weighted by molar-refractivity contribution is 7.92. The number of hydrazone groups is 1. The third-order valence-corrected chi connectivity index (χ3v) is 5.66. The second kappa shape index (κ2) is 8.88. The fraction of sp³-hybridized carbons (Fsp3) is 0.300. The molecule has 0 saturated carbocycles. The molecule has 7 nitrogen and oxygen atoms in total. The normalized spacial score (nSPS) is 11.5. The fourth-order valence-electron chi connectivity index (χ4n) is 2.67. The third kappa shape index (κ3) is 5.10. The van der Waals surface area contributed by atoms with Crippen molar-refractivity contribution >= 4 is 27.8 Å². The van der Waals surface area contributed by atoms with Crippen LogP contribution in [0.1, 0.15) is 22.3 Å². The first-order valence-electron chi connectivity index (χ1n) is 8.64. The molecule has 0 aromatic heterocycles. The lowest BCUT2D eigenvalue weighted by molar-refractivity contribution is -0.119. The minimum absolute atomic E-state index is 0.289. The van der Waals surface area contributed by atoms with Gasteiger partial charge in [-0.2, -0.15) is 5.10 Å². The highest BCUT2D eigenvalue weighted by Gasteiger charge is 2.23. The first kappa shape index (κ1) is 21.4. The molecule has 28 heavy (non-hydrogen) atoms. The zero-order valence-electron chi connectivity index (χ0n) is 16.7. The average molecular weight is 404 g/mol. The van der Waals surface area contributed by atoms with Crippen LogP contribution in [0.15, 0.2) is 41.5 Å². The molecule has 1 N–H and O–H groups in total. The van der Waals surface area contributed by atoms with Crippen LogP contribution in [0.25, 0.3) is 0 Å². The van der Waals surface area contributed by atoms with Crippen LogP contribution in [0.2, 0.25) is 0 Å². The van der Waals surface area contributed by atoms with E-state index in [-0.39, 0.29) is 5.69 Å². The van der Waals surface area contributed by atoms with Gasteiger partial charge in [-0.3, -0.25) is 9.10 Å². The van der Waals surface area contributed by atoms with E-state index in [1.807, 2.05) is 32.9 Å². The molecule has 0 aliphatic heterocycles. The summed E-state index contributed by atoms with van der Waals surface area (Å²) in [7, 11) is -2.26. The summed E-state index contributed by atoms with van der Waals surface area (Å²) in [6, 6.07) is 10.5. The van der Waals surface area contributed by atoms with Crippen LogP contribution in [0, 0.1) is 20.8 Å². The number of aryl methyl sites for hydroxylation is 1. The minimum atomic E-state index is -3.70. The predicted molar refractivity (Wildman–Crippen MR) is 112 cm³/mol. The van der Waals surface area contributed by atoms with Gasteiger partial charge < -0.3 is 4.74 Å². The average Bonchev–Trinajstić information content (AvgIpc) is 2.65. The Balaban J connectivity index is 2.16. The van der Waals surface area contributed by atoms with Crippen LogP contribution in [0.4, 0.5) is 5.69 Å². The largest absolute Gasteiger partial charge is 0.495 e. The van der Waals surface area contributed by atoms with Crippen LogP contribution in [0.5, 0.6) is 5.75 Å². The Kier molecular flexibility index (Phi) is 6.80. The summed E-state index contributed by atoms with van der Waals surface area (Å²) in [5.74, 6) is -0.205. The van der Waals surface area contributed by atoms with Crippen LogP contribution in [-0.4, -0.2) is 40.4 Å². The molecule has 0 aliphatic rings. The zero-order chi connectivity index (χ0) is 20.9. The van der Waals surface area contributed by atoms with E-state index in [9.17, 15) is 13.2 Å². The molecular formula is C20H25N3O4S. The molecule has 8 heteroatoms. The van der Waals surface area contributed by atoms with Crippen molar-refractivity contribution in [2.45, 2.75) is 20.8 Å². The summed E-state index contributed by atoms with van der Waals surface area (Å²) in [5, 5.41) is 3.97. The Morgan fingerprint density at radius 1 is 1.14 bits per heavy atom. The number of rotatable bonds is 7. The molecule has 0 aliphatic carbocycles. The lowest BCUT2D eigenvalue weighted by Gasteiger charge is -2.23. The highest BCUT2D eigenvalue weighted by Crippen LogP contribution is 2.29. The number of carbonyl (C=O) groups excluding carboxylic acids is 1. The molecule has 2 rings (SSSR count). The number of benzene rings is 2. The van der Waals surface area contributed by atoms with E-state index in [2.05, 4.69) is 10.5 Å². The molecule has 0 atom stereocenters. The van der Waals surface area contributed by atoms with Crippen LogP contribution >= 0.6 is 0 Å². The number of amides is 1. The van der Waals surface area contributed by atoms with E-state index in [1.54, 1.807) is 30.5 Å². The maximum atomic E-state index is 12.3. The van der Waals surface area contributed by atoms with Gasteiger partial charge in [0.15, 0.2) is 0 Å². The van der Waals surface area contributed by atoms with E-state index in [0.29, 0.717) is 5.75 Å². The zero-order valence-corrected chi connectivity index (χ0v) is 17.5. The summed E-state index contributed by atoms with van der Waals surface area (Å²) in [6.45, 7) is 5.63. The van der Waals surface area contributed by atoms with E-state index >= 15 is 0 Å². The van der Waals surface area contributed by atoms with Gasteiger partial charge in [-0.05, 0) is 55.2 Å². The molecule has 0 radical (unpaired) electrons. The molecule has 0 fully saturated rings. The number of sulfonamides is 1. The predicted octanol–water partition coefficient (Wildman–Crippen LogP) is 2.54. The lowest BCUT2D eigenvalue weighted by Crippen LogP contribution is -2.39. The van der Waals surface area contributed by atoms with Crippen molar-refractivity contribution in [1.29, 1.82) is 0 Å². The molecule has 2 aromatic carbocycles. The first-order chi connectivity index (χ1) is 13.1. The fourth-order valence-corrected chi connectivity index (χ4v) is 3.53. The van der Waals surface area contributed by atoms with Gasteiger partial charge in [0.05, 0.1) is 25.3 Å². The summed E-state index contributed by atoms with van der Waals surface area (Å²) in [6.07, 6.45) is 2.59. The summed E-state index contributed by atoms with van der Waals surface area (Å²) < 4.78 is 30.6. The van der Waals surface area contributed by atoms with E-state index in [4.69, 9.17) is 4.74 Å². The Labute approximate surface area is 166 Å². The molecule has 150 valence electrons. The Morgan fingerprint density at radius 2 is 1.82 bits per heavy atom. The van der Waals surface area contributed by atoms with Crippen molar-refractivity contribution in [3.05, 3.63) is 58.7 Å². The van der Waals surface area contributed by atoms with Crippen molar-refractivity contribution in [3.63, 3.8) is 0 Å². The summed E-state index contributed by atoms with van der Waals surface area (Å²) >= 11 is 0. The SMILES string of the molecule is COc1ccccc1N(CC(=O)N/N=C\c1ccc(C)c(C)c1C)S(C)(=O)=O. The van der Waals surface area contributed by atoms with Gasteiger partial charge in [-0.15, -0.1) is 0 Å². The van der Waals surface area contributed by atoms with Crippen molar-refractivity contribution in [2.24, 2.45) is 5.10 Å². The first-order valence-corrected chi connectivity index (χ1v) is 10.5. The molecule has 0 bridgehead atoms. The number of para-hydroxylation sites is 2. The van der Waals surface area contributed by atoms with Crippen molar-refractivity contribution in [3.8, 4) is 5.75 Å². The quantitative estimate of drug-likeness (QED) is 0.568. The van der Waals surface area contributed by atoms with E-state index < -0.39 is 22.5 Å². The van der Waals surface area contributed by atoms with Gasteiger partial charge in [0.25, 0.3) is 5.91 Å². The number of hydrogen-bond acceptors (Lipinski definition) is 5. The number of ether oxygens (including phenoxy) is 1. The molecule has 0 spiro atoms. The molecule has 0 saturated heterocycles. The van der Waals surface area contributed by atoms with Crippen molar-refractivity contribution in [1.82, 2.24) is 5.43 Å². The topological polar surface area (TPSA) is 88.1 Å². The second-order valence-electron chi connectivity index (χ2n) is 6.46. The maximum Gasteiger partial charge on any atom is 0.260 e. The number of methoxy groups -OCH3 is 1. The number of carbonyl (C=O) groups is 1. The van der Waals surface area contributed by atoms with Gasteiger partial charge >= 0.3 is 0 Å². The molecule has 2 aromatic rings. The summed E-state index contributed by atoms with van der Waals surface area (Å²) in [5.41, 5.74) is 6.97. The minimum Gasteiger partial charge on any atom is -0.495 e. The lowest BCUT2D eigenvalue weighted by atomic mass is 10.00. The number of hydrogen-bond donors (Lipinski definition) is 1. The molecule has 0 heterocycles. The molecular weight excluding hydrogens is 378 g/mol. The highest BCUT2D eigenvalue weighted by atomic mass is 32.2. The molecule has 1 amide bonds. The van der Waals surface area contributed by atoms with E-state index in [1.165, 1.54) is 12.7 Å². The van der Waals surface area contributed by atoms with Gasteiger partial charge in [0.1, 0.15) is 12.3 Å². The van der Waals surface area contributed by atoms with Gasteiger partial charge in [-0.1, -0.05) is 24.3 Å². The summed E-state index contributed by atoms with van der Waals surface area (Å²) in [4.78, 5) is 12.3. The smallest absolute Gasteiger partial charge is 0.260 e. The van der Waals surface area contributed by atoms with Crippen LogP contribution < -0.4 is 14.5 Å². The van der Waals surface area contributed by atoms with Gasteiger partial charge in [-0.25, -0.2) is 13.8 Å². The Morgan fingerprint density at radius 3 is 2.46 bits per heavy atom. The van der Waals surface area contributed by atoms with Gasteiger partial charge in [0.2, 0.25) is 10.0 Å². The Bertz CT molecular complexity index is 1000. The van der Waals surface area contributed by atoms with E-state index in [0.717, 1.165) is 27.3 Å². The third-order valence-electron chi connectivity index (χ3n) is 4.53. The van der Waals surface area contributed by atoms with Crippen LogP contribution in [-0.2, 0) is 14.8 Å². The molecule has 0 unspecified atom stereocenters.